The summed E-state index contributed by atoms with van der Waals surface area (Å²) in [6.07, 6.45) is 3.06. The van der Waals surface area contributed by atoms with Gasteiger partial charge in [-0.3, -0.25) is 4.98 Å². The Labute approximate surface area is 114 Å². The Morgan fingerprint density at radius 3 is 2.84 bits per heavy atom. The SMILES string of the molecule is Fc1cc2c(Nc3cccc(Cl)c3)ccnc2cn1. The number of nitrogens with one attached hydrogen (secondary N) is 1. The van der Waals surface area contributed by atoms with Gasteiger partial charge in [-0.05, 0) is 24.3 Å². The molecule has 0 saturated heterocycles. The van der Waals surface area contributed by atoms with Crippen LogP contribution in [0.1, 0.15) is 0 Å². The third-order valence-corrected chi connectivity index (χ3v) is 2.93. The van der Waals surface area contributed by atoms with Crippen LogP contribution in [0.15, 0.2) is 48.8 Å². The van der Waals surface area contributed by atoms with Gasteiger partial charge in [0.25, 0.3) is 0 Å². The van der Waals surface area contributed by atoms with Crippen LogP contribution < -0.4 is 5.32 Å². The van der Waals surface area contributed by atoms with Crippen LogP contribution in [0.5, 0.6) is 0 Å². The maximum atomic E-state index is 13.2. The van der Waals surface area contributed by atoms with Crippen molar-refractivity contribution in [3.05, 3.63) is 59.8 Å². The van der Waals surface area contributed by atoms with Gasteiger partial charge in [-0.2, -0.15) is 4.39 Å². The molecule has 0 saturated carbocycles. The van der Waals surface area contributed by atoms with Crippen molar-refractivity contribution in [1.82, 2.24) is 9.97 Å². The van der Waals surface area contributed by atoms with Crippen molar-refractivity contribution in [2.24, 2.45) is 0 Å². The van der Waals surface area contributed by atoms with Crippen LogP contribution in [0.3, 0.4) is 0 Å². The van der Waals surface area contributed by atoms with E-state index >= 15 is 0 Å². The summed E-state index contributed by atoms with van der Waals surface area (Å²) in [6, 6.07) is 10.5. The molecule has 0 unspecified atom stereocenters. The van der Waals surface area contributed by atoms with Gasteiger partial charge in [-0.25, -0.2) is 4.98 Å². The summed E-state index contributed by atoms with van der Waals surface area (Å²) in [5, 5.41) is 4.51. The van der Waals surface area contributed by atoms with Crippen molar-refractivity contribution >= 4 is 33.9 Å². The first-order chi connectivity index (χ1) is 9.22. The number of benzene rings is 1. The van der Waals surface area contributed by atoms with Gasteiger partial charge >= 0.3 is 0 Å². The summed E-state index contributed by atoms with van der Waals surface area (Å²) in [4.78, 5) is 7.74. The lowest BCUT2D eigenvalue weighted by Gasteiger charge is -2.09. The van der Waals surface area contributed by atoms with E-state index in [1.165, 1.54) is 12.3 Å². The largest absolute Gasteiger partial charge is 0.355 e. The summed E-state index contributed by atoms with van der Waals surface area (Å²) in [7, 11) is 0. The molecule has 1 N–H and O–H groups in total. The first-order valence-electron chi connectivity index (χ1n) is 5.65. The highest BCUT2D eigenvalue weighted by atomic mass is 35.5. The number of hydrogen-bond donors (Lipinski definition) is 1. The van der Waals surface area contributed by atoms with E-state index in [9.17, 15) is 4.39 Å². The summed E-state index contributed by atoms with van der Waals surface area (Å²) in [5.41, 5.74) is 2.22. The fourth-order valence-corrected chi connectivity index (χ4v) is 2.04. The van der Waals surface area contributed by atoms with Gasteiger partial charge in [0.05, 0.1) is 11.7 Å². The monoisotopic (exact) mass is 273 g/mol. The van der Waals surface area contributed by atoms with Crippen LogP contribution in [0, 0.1) is 5.95 Å². The van der Waals surface area contributed by atoms with Gasteiger partial charge in [-0.1, -0.05) is 17.7 Å². The van der Waals surface area contributed by atoms with E-state index in [0.717, 1.165) is 11.4 Å². The molecule has 5 heteroatoms. The molecule has 3 nitrogen and oxygen atoms in total. The topological polar surface area (TPSA) is 37.8 Å². The highest BCUT2D eigenvalue weighted by molar-refractivity contribution is 6.30. The van der Waals surface area contributed by atoms with E-state index in [-0.39, 0.29) is 0 Å². The van der Waals surface area contributed by atoms with E-state index in [1.807, 2.05) is 12.1 Å². The Morgan fingerprint density at radius 2 is 2.00 bits per heavy atom. The molecule has 3 rings (SSSR count). The maximum absolute atomic E-state index is 13.2. The molecule has 0 aliphatic rings. The van der Waals surface area contributed by atoms with Crippen LogP contribution in [0.4, 0.5) is 15.8 Å². The first kappa shape index (κ1) is 11.9. The molecule has 0 bridgehead atoms. The number of pyridine rings is 2. The molecular weight excluding hydrogens is 265 g/mol. The second-order valence-corrected chi connectivity index (χ2v) is 4.45. The van der Waals surface area contributed by atoms with Gasteiger partial charge in [-0.15, -0.1) is 0 Å². The summed E-state index contributed by atoms with van der Waals surface area (Å²) in [5.74, 6) is -0.533. The van der Waals surface area contributed by atoms with Gasteiger partial charge in [0, 0.05) is 34.0 Å². The predicted octanol–water partition coefficient (Wildman–Crippen LogP) is 4.17. The number of anilines is 2. The van der Waals surface area contributed by atoms with Crippen LogP contribution in [-0.4, -0.2) is 9.97 Å². The lowest BCUT2D eigenvalue weighted by Crippen LogP contribution is -1.94. The predicted molar refractivity (Wildman–Crippen MR) is 74.2 cm³/mol. The van der Waals surface area contributed by atoms with E-state index in [2.05, 4.69) is 15.3 Å². The third kappa shape index (κ3) is 2.48. The Kier molecular flexibility index (Phi) is 3.01. The van der Waals surface area contributed by atoms with Gasteiger partial charge < -0.3 is 5.32 Å². The Hall–Kier alpha value is -2.20. The molecule has 0 radical (unpaired) electrons. The molecule has 0 aliphatic carbocycles. The van der Waals surface area contributed by atoms with E-state index in [4.69, 9.17) is 11.6 Å². The number of rotatable bonds is 2. The Balaban J connectivity index is 2.07. The minimum Gasteiger partial charge on any atom is -0.355 e. The van der Waals surface area contributed by atoms with Crippen molar-refractivity contribution in [2.45, 2.75) is 0 Å². The number of halogens is 2. The number of nitrogens with zero attached hydrogens (tertiary/aromatic N) is 2. The fraction of sp³-hybridized carbons (Fsp3) is 0. The average molecular weight is 274 g/mol. The lowest BCUT2D eigenvalue weighted by molar-refractivity contribution is 0.586. The van der Waals surface area contributed by atoms with E-state index in [0.29, 0.717) is 15.9 Å². The highest BCUT2D eigenvalue weighted by Gasteiger charge is 2.04. The van der Waals surface area contributed by atoms with Gasteiger partial charge in [0.1, 0.15) is 0 Å². The molecule has 2 aromatic heterocycles. The highest BCUT2D eigenvalue weighted by Crippen LogP contribution is 2.26. The molecule has 1 aromatic carbocycles. The second kappa shape index (κ2) is 4.82. The van der Waals surface area contributed by atoms with Crippen molar-refractivity contribution in [1.29, 1.82) is 0 Å². The molecule has 94 valence electrons. The van der Waals surface area contributed by atoms with Crippen molar-refractivity contribution < 1.29 is 4.39 Å². The molecule has 2 heterocycles. The minimum atomic E-state index is -0.533. The van der Waals surface area contributed by atoms with Crippen molar-refractivity contribution in [3.63, 3.8) is 0 Å². The van der Waals surface area contributed by atoms with E-state index < -0.39 is 5.95 Å². The smallest absolute Gasteiger partial charge is 0.213 e. The molecule has 0 fully saturated rings. The van der Waals surface area contributed by atoms with Crippen molar-refractivity contribution in [3.8, 4) is 0 Å². The fourth-order valence-electron chi connectivity index (χ4n) is 1.85. The van der Waals surface area contributed by atoms with Gasteiger partial charge in [0.15, 0.2) is 0 Å². The number of hydrogen-bond acceptors (Lipinski definition) is 3. The molecule has 0 atom stereocenters. The number of fused-ring (bicyclic) bond motifs is 1. The quantitative estimate of drug-likeness (QED) is 0.712. The molecule has 3 aromatic rings. The summed E-state index contributed by atoms with van der Waals surface area (Å²) in [6.45, 7) is 0. The van der Waals surface area contributed by atoms with Crippen molar-refractivity contribution in [2.75, 3.05) is 5.32 Å². The van der Waals surface area contributed by atoms with Gasteiger partial charge in [0.2, 0.25) is 5.95 Å². The zero-order valence-corrected chi connectivity index (χ0v) is 10.5. The lowest BCUT2D eigenvalue weighted by atomic mass is 10.2. The van der Waals surface area contributed by atoms with Crippen LogP contribution in [0.25, 0.3) is 10.9 Å². The van der Waals surface area contributed by atoms with E-state index in [1.54, 1.807) is 24.4 Å². The normalized spacial score (nSPS) is 10.6. The zero-order chi connectivity index (χ0) is 13.2. The standard InChI is InChI=1S/C14H9ClFN3/c15-9-2-1-3-10(6-9)19-12-4-5-17-13-8-18-14(16)7-11(12)13/h1-8H,(H,17,19). The Bertz CT molecular complexity index is 746. The zero-order valence-electron chi connectivity index (χ0n) is 9.77. The number of aromatic nitrogens is 2. The summed E-state index contributed by atoms with van der Waals surface area (Å²) >= 11 is 5.93. The first-order valence-corrected chi connectivity index (χ1v) is 6.03. The molecular formula is C14H9ClFN3. The Morgan fingerprint density at radius 1 is 1.11 bits per heavy atom. The minimum absolute atomic E-state index is 0.533. The van der Waals surface area contributed by atoms with Crippen LogP contribution in [0.2, 0.25) is 5.02 Å². The summed E-state index contributed by atoms with van der Waals surface area (Å²) < 4.78 is 13.2. The molecule has 19 heavy (non-hydrogen) atoms. The average Bonchev–Trinajstić information content (AvgIpc) is 2.39. The van der Waals surface area contributed by atoms with Crippen LogP contribution >= 0.6 is 11.6 Å². The molecule has 0 spiro atoms. The van der Waals surface area contributed by atoms with Crippen LogP contribution in [-0.2, 0) is 0 Å². The second-order valence-electron chi connectivity index (χ2n) is 4.02. The third-order valence-electron chi connectivity index (χ3n) is 2.70. The molecule has 0 aliphatic heterocycles. The maximum Gasteiger partial charge on any atom is 0.213 e. The molecule has 0 amide bonds.